The molecule has 0 fully saturated rings. The molecule has 0 aliphatic carbocycles. The van der Waals surface area contributed by atoms with E-state index in [-0.39, 0.29) is 39.6 Å². The van der Waals surface area contributed by atoms with Crippen molar-refractivity contribution in [3.63, 3.8) is 0 Å². The second-order valence-electron chi connectivity index (χ2n) is 27.3. The van der Waals surface area contributed by atoms with Gasteiger partial charge in [0.2, 0.25) is 0 Å². The third-order valence-corrected chi connectivity index (χ3v) is 41.9. The van der Waals surface area contributed by atoms with E-state index in [1.807, 2.05) is 0 Å². The van der Waals surface area contributed by atoms with Crippen molar-refractivity contribution in [3.8, 4) is 0 Å². The van der Waals surface area contributed by atoms with Gasteiger partial charge < -0.3 is 64.1 Å². The van der Waals surface area contributed by atoms with Crippen molar-refractivity contribution in [1.29, 1.82) is 0 Å². The molecule has 0 atom stereocenters. The highest BCUT2D eigenvalue weighted by molar-refractivity contribution is 6.89. The summed E-state index contributed by atoms with van der Waals surface area (Å²) in [6.07, 6.45) is 3.52. The zero-order valence-electron chi connectivity index (χ0n) is 50.0. The topological polar surface area (TPSA) is 173 Å². The zero-order chi connectivity index (χ0) is 55.2. The Hall–Kier alpha value is 1.61. The highest BCUT2D eigenvalue weighted by atomic mass is 28.5. The summed E-state index contributed by atoms with van der Waals surface area (Å²) >= 11 is 0. The number of hydrogen-bond donors (Lipinski definition) is 4. The Morgan fingerprint density at radius 2 is 0.457 bits per heavy atom. The molecule has 0 aromatic rings. The summed E-state index contributed by atoms with van der Waals surface area (Å²) in [6.45, 7) is 56.0. The molecule has 0 unspecified atom stereocenters. The van der Waals surface area contributed by atoms with Crippen molar-refractivity contribution >= 4 is 83.7 Å². The minimum absolute atomic E-state index is 0.151. The molecule has 0 heterocycles. The summed E-state index contributed by atoms with van der Waals surface area (Å²) in [7, 11) is -17.9. The highest BCUT2D eigenvalue weighted by Crippen LogP contribution is 2.29. The summed E-state index contributed by atoms with van der Waals surface area (Å²) in [5.41, 5.74) is -1.57. The van der Waals surface area contributed by atoms with Crippen molar-refractivity contribution in [2.24, 2.45) is 10.8 Å². The number of hydrogen-bond acceptors (Lipinski definition) is 14. The van der Waals surface area contributed by atoms with E-state index in [1.54, 1.807) is 0 Å². The SMILES string of the molecule is C[Si](C)(C)O[Si](C)(C)CCCOCC(CO)(CO)COCCC[Si](C)(C)O[Si](C)(C)C.C[Si](C)(C)O[Si](C)(CCCOCC(CO)(CO)COCCC[Si](C)(O[Si](C)(C)C)O[Si](C)(C)C)O[Si](C)(C)C. The summed E-state index contributed by atoms with van der Waals surface area (Å²) in [6, 6.07) is 3.84. The van der Waals surface area contributed by atoms with Crippen LogP contribution < -0.4 is 0 Å². The second kappa shape index (κ2) is 31.9. The van der Waals surface area contributed by atoms with Gasteiger partial charge in [0, 0.05) is 26.4 Å². The monoisotopic (exact) mass is 1170 g/mol. The Morgan fingerprint density at radius 3 is 0.629 bits per heavy atom. The predicted molar refractivity (Wildman–Crippen MR) is 319 cm³/mol. The Labute approximate surface area is 442 Å². The summed E-state index contributed by atoms with van der Waals surface area (Å²) in [5.74, 6) is 0. The van der Waals surface area contributed by atoms with Gasteiger partial charge in [0.05, 0.1) is 63.7 Å². The lowest BCUT2D eigenvalue weighted by atomic mass is 9.92. The molecule has 0 bridgehead atoms. The average molecular weight is 1170 g/mol. The number of aliphatic hydroxyl groups excluding tert-OH is 4. The molecule has 24 heteroatoms. The lowest BCUT2D eigenvalue weighted by Crippen LogP contribution is -2.52. The Bertz CT molecular complexity index is 1240. The van der Waals surface area contributed by atoms with Crippen LogP contribution in [0.25, 0.3) is 0 Å². The molecule has 0 saturated carbocycles. The van der Waals surface area contributed by atoms with E-state index in [0.29, 0.717) is 39.6 Å². The molecule has 14 nitrogen and oxygen atoms in total. The van der Waals surface area contributed by atoms with Gasteiger partial charge in [0.1, 0.15) is 0 Å². The van der Waals surface area contributed by atoms with Gasteiger partial charge >= 0.3 is 17.1 Å². The van der Waals surface area contributed by atoms with Gasteiger partial charge in [-0.25, -0.2) is 0 Å². The van der Waals surface area contributed by atoms with Gasteiger partial charge in [-0.15, -0.1) is 0 Å². The van der Waals surface area contributed by atoms with E-state index >= 15 is 0 Å². The van der Waals surface area contributed by atoms with Crippen LogP contribution in [0.4, 0.5) is 0 Å². The van der Waals surface area contributed by atoms with Crippen LogP contribution in [0.15, 0.2) is 0 Å². The van der Waals surface area contributed by atoms with Gasteiger partial charge in [-0.1, -0.05) is 0 Å². The molecular formula is C46H116O14Si10. The van der Waals surface area contributed by atoms with Crippen molar-refractivity contribution in [2.45, 2.75) is 207 Å². The maximum atomic E-state index is 10.1. The van der Waals surface area contributed by atoms with Gasteiger partial charge in [0.25, 0.3) is 0 Å². The second-order valence-corrected chi connectivity index (χ2v) is 71.2. The standard InChI is InChI=1S/C25H64O8Si6.C21H52O6Si4/c1-34(2,3)30-38(13,31-35(4,5)6)19-15-17-28-23-25(21-26,22-27)24-29-18-16-20-39(14,32-36(7,8)9)33-37(10,11)12;1-28(2,3)26-30(7,8)15-11-13-24-19-21(17-22,18-23)20-25-14-12-16-31(9,10)27-29(4,5)6/h26-27H,15-24H2,1-14H3;22-23H,11-20H2,1-10H3. The van der Waals surface area contributed by atoms with Gasteiger partial charge in [-0.2, -0.15) is 0 Å². The van der Waals surface area contributed by atoms with Crippen LogP contribution in [0.5, 0.6) is 0 Å². The molecule has 0 saturated heterocycles. The highest BCUT2D eigenvalue weighted by Gasteiger charge is 2.42. The van der Waals surface area contributed by atoms with Crippen molar-refractivity contribution in [1.82, 2.24) is 0 Å². The smallest absolute Gasteiger partial charge is 0.314 e. The van der Waals surface area contributed by atoms with E-state index < -0.39 is 94.5 Å². The number of rotatable bonds is 40. The molecule has 0 rings (SSSR count). The zero-order valence-corrected chi connectivity index (χ0v) is 60.0. The van der Waals surface area contributed by atoms with E-state index in [0.717, 1.165) is 49.9 Å². The lowest BCUT2D eigenvalue weighted by molar-refractivity contribution is -0.0770. The van der Waals surface area contributed by atoms with Crippen molar-refractivity contribution in [2.75, 3.05) is 79.3 Å². The van der Waals surface area contributed by atoms with Crippen LogP contribution in [0.3, 0.4) is 0 Å². The van der Waals surface area contributed by atoms with Crippen LogP contribution >= 0.6 is 0 Å². The molecule has 0 aliphatic heterocycles. The van der Waals surface area contributed by atoms with Gasteiger partial charge in [-0.05, 0) is 207 Å². The maximum Gasteiger partial charge on any atom is 0.314 e. The Morgan fingerprint density at radius 1 is 0.271 bits per heavy atom. The van der Waals surface area contributed by atoms with Crippen LogP contribution in [-0.4, -0.2) is 183 Å². The molecule has 0 amide bonds. The summed E-state index contributed by atoms with van der Waals surface area (Å²) in [5, 5.41) is 39.9. The van der Waals surface area contributed by atoms with Crippen LogP contribution in [-0.2, 0) is 43.6 Å². The molecule has 0 aromatic carbocycles. The molecule has 4 N–H and O–H groups in total. The van der Waals surface area contributed by atoms with Crippen LogP contribution in [0.2, 0.25) is 181 Å². The first kappa shape index (κ1) is 73.7. The fourth-order valence-electron chi connectivity index (χ4n) is 8.49. The predicted octanol–water partition coefficient (Wildman–Crippen LogP) is 11.2. The van der Waals surface area contributed by atoms with Gasteiger partial charge in [0.15, 0.2) is 66.5 Å². The molecule has 424 valence electrons. The third-order valence-electron chi connectivity index (χ3n) is 10.2. The molecule has 0 spiro atoms. The first-order chi connectivity index (χ1) is 31.3. The normalized spacial score (nSPS) is 14.6. The lowest BCUT2D eigenvalue weighted by Gasteiger charge is -2.38. The molecule has 0 aliphatic rings. The van der Waals surface area contributed by atoms with Gasteiger partial charge in [-0.3, -0.25) is 0 Å². The van der Waals surface area contributed by atoms with E-state index in [4.69, 9.17) is 43.6 Å². The van der Waals surface area contributed by atoms with E-state index in [9.17, 15) is 20.4 Å². The average Bonchev–Trinajstić information content (AvgIpc) is 3.11. The van der Waals surface area contributed by atoms with Crippen molar-refractivity contribution in [3.05, 3.63) is 0 Å². The first-order valence-corrected chi connectivity index (χ1v) is 58.0. The molecule has 0 aromatic heterocycles. The molecular weight excluding hydrogens is 1060 g/mol. The fourth-order valence-corrected chi connectivity index (χ4v) is 49.6. The Kier molecular flexibility index (Phi) is 33.5. The fraction of sp³-hybridized carbons (Fsp3) is 1.00. The van der Waals surface area contributed by atoms with E-state index in [1.165, 1.54) is 0 Å². The molecule has 0 radical (unpaired) electrons. The number of ether oxygens (including phenoxy) is 4. The first-order valence-electron chi connectivity index (χ1n) is 26.3. The van der Waals surface area contributed by atoms with Crippen molar-refractivity contribution < 1.29 is 64.1 Å². The quantitative estimate of drug-likeness (QED) is 0.0337. The maximum absolute atomic E-state index is 10.1. The summed E-state index contributed by atoms with van der Waals surface area (Å²) in [4.78, 5) is 0. The minimum atomic E-state index is -2.30. The number of aliphatic hydroxyl groups is 4. The molecule has 70 heavy (non-hydrogen) atoms. The Balaban J connectivity index is 0. The third kappa shape index (κ3) is 40.8. The van der Waals surface area contributed by atoms with E-state index in [2.05, 4.69) is 157 Å². The largest absolute Gasteiger partial charge is 0.456 e. The minimum Gasteiger partial charge on any atom is -0.456 e. The van der Waals surface area contributed by atoms with Crippen LogP contribution in [0, 0.1) is 10.8 Å². The summed E-state index contributed by atoms with van der Waals surface area (Å²) < 4.78 is 62.6. The van der Waals surface area contributed by atoms with Crippen LogP contribution in [0.1, 0.15) is 25.7 Å².